The number of hydrogen-bond acceptors (Lipinski definition) is 4. The smallest absolute Gasteiger partial charge is 0.192 e. The molecule has 3 aromatic rings. The molecule has 0 atom stereocenters. The molecule has 3 rings (SSSR count). The number of hydrogen-bond donors (Lipinski definition) is 0. The molecule has 0 amide bonds. The van der Waals surface area contributed by atoms with Crippen molar-refractivity contribution in [1.82, 2.24) is 14.8 Å². The van der Waals surface area contributed by atoms with E-state index in [-0.39, 0.29) is 0 Å². The molecule has 0 saturated heterocycles. The van der Waals surface area contributed by atoms with Crippen LogP contribution in [-0.4, -0.2) is 14.8 Å². The SMILES string of the molecule is Cn1c(-c2sccc2Cl)nnc1C(C)(C)Oc1c(F)cc(F)cc1F. The molecule has 9 heteroatoms. The van der Waals surface area contributed by atoms with E-state index < -0.39 is 28.8 Å². The fourth-order valence-corrected chi connectivity index (χ4v) is 3.59. The number of ether oxygens (including phenoxy) is 1. The van der Waals surface area contributed by atoms with Crippen LogP contribution in [0.1, 0.15) is 19.7 Å². The molecule has 0 aliphatic heterocycles. The van der Waals surface area contributed by atoms with Gasteiger partial charge in [0.1, 0.15) is 5.82 Å². The van der Waals surface area contributed by atoms with Gasteiger partial charge in [0.15, 0.2) is 34.6 Å². The molecule has 0 unspecified atom stereocenters. The van der Waals surface area contributed by atoms with E-state index in [1.54, 1.807) is 31.5 Å². The summed E-state index contributed by atoms with van der Waals surface area (Å²) in [5.41, 5.74) is -1.23. The zero-order valence-electron chi connectivity index (χ0n) is 13.5. The first-order valence-corrected chi connectivity index (χ1v) is 8.43. The van der Waals surface area contributed by atoms with Gasteiger partial charge in [0.25, 0.3) is 0 Å². The van der Waals surface area contributed by atoms with E-state index >= 15 is 0 Å². The van der Waals surface area contributed by atoms with Gasteiger partial charge in [0, 0.05) is 19.2 Å². The van der Waals surface area contributed by atoms with Gasteiger partial charge in [0.05, 0.1) is 9.90 Å². The quantitative estimate of drug-likeness (QED) is 0.637. The number of thiophene rings is 1. The van der Waals surface area contributed by atoms with Crippen LogP contribution in [0.5, 0.6) is 5.75 Å². The fourth-order valence-electron chi connectivity index (χ4n) is 2.43. The van der Waals surface area contributed by atoms with Gasteiger partial charge in [-0.1, -0.05) is 11.6 Å². The van der Waals surface area contributed by atoms with Crippen molar-refractivity contribution >= 4 is 22.9 Å². The average Bonchev–Trinajstić information content (AvgIpc) is 3.09. The zero-order chi connectivity index (χ0) is 18.4. The van der Waals surface area contributed by atoms with E-state index in [2.05, 4.69) is 10.2 Å². The summed E-state index contributed by atoms with van der Waals surface area (Å²) in [6, 6.07) is 2.85. The van der Waals surface area contributed by atoms with E-state index in [0.29, 0.717) is 28.8 Å². The number of halogens is 4. The standard InChI is InChI=1S/C16H13ClF3N3OS/c1-16(2,24-12-10(19)6-8(18)7-11(12)20)15-22-21-14(23(15)3)13-9(17)4-5-25-13/h4-7H,1-3H3. The number of nitrogens with zero attached hydrogens (tertiary/aromatic N) is 3. The number of rotatable bonds is 4. The maximum absolute atomic E-state index is 13.9. The topological polar surface area (TPSA) is 39.9 Å². The minimum atomic E-state index is -1.23. The minimum absolute atomic E-state index is 0.329. The number of aromatic nitrogens is 3. The molecule has 132 valence electrons. The van der Waals surface area contributed by atoms with E-state index in [1.807, 2.05) is 5.38 Å². The Kier molecular flexibility index (Phi) is 4.51. The van der Waals surface area contributed by atoms with Gasteiger partial charge >= 0.3 is 0 Å². The van der Waals surface area contributed by atoms with Crippen LogP contribution in [0.3, 0.4) is 0 Å². The Morgan fingerprint density at radius 1 is 1.16 bits per heavy atom. The first kappa shape index (κ1) is 17.8. The molecule has 4 nitrogen and oxygen atoms in total. The minimum Gasteiger partial charge on any atom is -0.474 e. The van der Waals surface area contributed by atoms with E-state index in [9.17, 15) is 13.2 Å². The average molecular weight is 388 g/mol. The van der Waals surface area contributed by atoms with Crippen LogP contribution in [0.15, 0.2) is 23.6 Å². The molecule has 0 bridgehead atoms. The van der Waals surface area contributed by atoms with Gasteiger partial charge in [-0.15, -0.1) is 21.5 Å². The molecule has 0 saturated carbocycles. The van der Waals surface area contributed by atoms with E-state index in [4.69, 9.17) is 16.3 Å². The Balaban J connectivity index is 1.99. The highest BCUT2D eigenvalue weighted by Gasteiger charge is 2.32. The van der Waals surface area contributed by atoms with E-state index in [1.165, 1.54) is 11.3 Å². The maximum Gasteiger partial charge on any atom is 0.192 e. The normalized spacial score (nSPS) is 11.8. The second kappa shape index (κ2) is 6.34. The third-order valence-electron chi connectivity index (χ3n) is 3.55. The lowest BCUT2D eigenvalue weighted by Gasteiger charge is -2.26. The Labute approximate surface area is 150 Å². The maximum atomic E-state index is 13.9. The molecular weight excluding hydrogens is 375 g/mol. The van der Waals surface area contributed by atoms with Gasteiger partial charge in [-0.25, -0.2) is 13.2 Å². The van der Waals surface area contributed by atoms with Crippen molar-refractivity contribution in [3.63, 3.8) is 0 Å². The summed E-state index contributed by atoms with van der Waals surface area (Å²) in [7, 11) is 1.70. The summed E-state index contributed by atoms with van der Waals surface area (Å²) in [5, 5.41) is 10.5. The van der Waals surface area contributed by atoms with E-state index in [0.717, 1.165) is 4.88 Å². The van der Waals surface area contributed by atoms with Gasteiger partial charge in [0.2, 0.25) is 0 Å². The molecule has 0 aliphatic rings. The van der Waals surface area contributed by atoms with Crippen molar-refractivity contribution in [1.29, 1.82) is 0 Å². The van der Waals surface area contributed by atoms with Gasteiger partial charge in [-0.3, -0.25) is 0 Å². The monoisotopic (exact) mass is 387 g/mol. The Morgan fingerprint density at radius 3 is 2.36 bits per heavy atom. The molecule has 25 heavy (non-hydrogen) atoms. The van der Waals surface area contributed by atoms with Gasteiger partial charge < -0.3 is 9.30 Å². The largest absolute Gasteiger partial charge is 0.474 e. The molecule has 2 aromatic heterocycles. The molecule has 0 radical (unpaired) electrons. The summed E-state index contributed by atoms with van der Waals surface area (Å²) in [6.07, 6.45) is 0. The lowest BCUT2D eigenvalue weighted by molar-refractivity contribution is 0.0833. The summed E-state index contributed by atoms with van der Waals surface area (Å²) < 4.78 is 47.9. The molecule has 2 heterocycles. The Morgan fingerprint density at radius 2 is 1.80 bits per heavy atom. The highest BCUT2D eigenvalue weighted by molar-refractivity contribution is 7.14. The highest BCUT2D eigenvalue weighted by atomic mass is 35.5. The van der Waals surface area contributed by atoms with Gasteiger partial charge in [-0.2, -0.15) is 0 Å². The number of benzene rings is 1. The third-order valence-corrected chi connectivity index (χ3v) is 4.89. The summed E-state index contributed by atoms with van der Waals surface area (Å²) >= 11 is 7.51. The molecule has 0 N–H and O–H groups in total. The van der Waals surface area contributed by atoms with Crippen molar-refractivity contribution < 1.29 is 17.9 Å². The van der Waals surface area contributed by atoms with Crippen molar-refractivity contribution in [2.75, 3.05) is 0 Å². The van der Waals surface area contributed by atoms with Crippen molar-refractivity contribution in [2.45, 2.75) is 19.4 Å². The predicted molar refractivity (Wildman–Crippen MR) is 89.3 cm³/mol. The zero-order valence-corrected chi connectivity index (χ0v) is 15.1. The Bertz CT molecular complexity index is 916. The van der Waals surface area contributed by atoms with Crippen molar-refractivity contribution in [3.8, 4) is 16.5 Å². The van der Waals surface area contributed by atoms with Crippen LogP contribution < -0.4 is 4.74 Å². The van der Waals surface area contributed by atoms with Gasteiger partial charge in [-0.05, 0) is 25.3 Å². The predicted octanol–water partition coefficient (Wildman–Crippen LogP) is 4.93. The highest BCUT2D eigenvalue weighted by Crippen LogP contribution is 2.35. The van der Waals surface area contributed by atoms with Crippen LogP contribution >= 0.6 is 22.9 Å². The van der Waals surface area contributed by atoms with Crippen LogP contribution in [-0.2, 0) is 12.6 Å². The molecule has 0 spiro atoms. The summed E-state index contributed by atoms with van der Waals surface area (Å²) in [6.45, 7) is 3.16. The Hall–Kier alpha value is -2.06. The molecule has 0 fully saturated rings. The summed E-state index contributed by atoms with van der Waals surface area (Å²) in [4.78, 5) is 0.720. The second-order valence-corrected chi connectivity index (χ2v) is 7.14. The first-order valence-electron chi connectivity index (χ1n) is 7.17. The van der Waals surface area contributed by atoms with Crippen LogP contribution in [0.2, 0.25) is 5.02 Å². The summed E-state index contributed by atoms with van der Waals surface area (Å²) in [5.74, 6) is -3.12. The molecule has 1 aromatic carbocycles. The fraction of sp³-hybridized carbons (Fsp3) is 0.250. The molecule has 0 aliphatic carbocycles. The lowest BCUT2D eigenvalue weighted by Crippen LogP contribution is -2.30. The lowest BCUT2D eigenvalue weighted by atomic mass is 10.1. The van der Waals surface area contributed by atoms with Crippen LogP contribution in [0, 0.1) is 17.5 Å². The van der Waals surface area contributed by atoms with Crippen LogP contribution in [0.4, 0.5) is 13.2 Å². The van der Waals surface area contributed by atoms with Crippen LogP contribution in [0.25, 0.3) is 10.7 Å². The van der Waals surface area contributed by atoms with Crippen molar-refractivity contribution in [3.05, 3.63) is 51.9 Å². The second-order valence-electron chi connectivity index (χ2n) is 5.81. The van der Waals surface area contributed by atoms with Crippen molar-refractivity contribution in [2.24, 2.45) is 7.05 Å². The first-order chi connectivity index (χ1) is 11.7. The molecular formula is C16H13ClF3N3OS. The third kappa shape index (κ3) is 3.23.